The summed E-state index contributed by atoms with van der Waals surface area (Å²) in [7, 11) is 1.97. The van der Waals surface area contributed by atoms with Crippen LogP contribution in [0.5, 0.6) is 0 Å². The van der Waals surface area contributed by atoms with Gasteiger partial charge in [0.05, 0.1) is 22.4 Å². The Labute approximate surface area is 116 Å². The summed E-state index contributed by atoms with van der Waals surface area (Å²) < 4.78 is 5.43. The van der Waals surface area contributed by atoms with Crippen molar-refractivity contribution in [3.8, 4) is 0 Å². The van der Waals surface area contributed by atoms with Crippen molar-refractivity contribution < 1.29 is 0 Å². The topological polar surface area (TPSA) is 34.8 Å². The minimum atomic E-state index is 0.847. The molecule has 2 rings (SSSR count). The van der Waals surface area contributed by atoms with Crippen molar-refractivity contribution in [3.05, 3.63) is 39.9 Å². The lowest BCUT2D eigenvalue weighted by Crippen LogP contribution is -2.13. The first-order chi connectivity index (χ1) is 8.67. The van der Waals surface area contributed by atoms with Gasteiger partial charge in [0.2, 0.25) is 0 Å². The molecule has 18 heavy (non-hydrogen) atoms. The number of nitrogens with one attached hydrogen (secondary N) is 1. The van der Waals surface area contributed by atoms with Crippen LogP contribution in [0, 0.1) is 6.92 Å². The van der Waals surface area contributed by atoms with E-state index in [9.17, 15) is 0 Å². The van der Waals surface area contributed by atoms with Crippen molar-refractivity contribution in [3.63, 3.8) is 0 Å². The van der Waals surface area contributed by atoms with E-state index >= 15 is 0 Å². The minimum Gasteiger partial charge on any atom is -0.344 e. The average Bonchev–Trinajstić information content (AvgIpc) is 2.90. The molecule has 0 amide bonds. The van der Waals surface area contributed by atoms with Gasteiger partial charge in [-0.1, -0.05) is 0 Å². The second-order valence-corrected chi connectivity index (χ2v) is 5.11. The first-order valence-electron chi connectivity index (χ1n) is 6.17. The van der Waals surface area contributed by atoms with E-state index in [1.807, 2.05) is 14.0 Å². The Hall–Kier alpha value is -1.07. The van der Waals surface area contributed by atoms with E-state index in [0.717, 1.165) is 29.8 Å². The molecule has 0 atom stereocenters. The highest BCUT2D eigenvalue weighted by Crippen LogP contribution is 2.22. The van der Waals surface area contributed by atoms with Crippen LogP contribution in [0.2, 0.25) is 0 Å². The molecule has 2 aromatic heterocycles. The van der Waals surface area contributed by atoms with Gasteiger partial charge >= 0.3 is 0 Å². The Bertz CT molecular complexity index is 527. The van der Waals surface area contributed by atoms with Gasteiger partial charge in [0.1, 0.15) is 0 Å². The summed E-state index contributed by atoms with van der Waals surface area (Å²) in [5.74, 6) is 0. The van der Waals surface area contributed by atoms with Gasteiger partial charge in [0, 0.05) is 25.0 Å². The van der Waals surface area contributed by atoms with Crippen LogP contribution >= 0.6 is 15.9 Å². The van der Waals surface area contributed by atoms with E-state index in [1.54, 1.807) is 0 Å². The van der Waals surface area contributed by atoms with Crippen LogP contribution in [-0.4, -0.2) is 21.4 Å². The number of aromatic nitrogens is 3. The lowest BCUT2D eigenvalue weighted by atomic mass is 10.3. The third-order valence-electron chi connectivity index (χ3n) is 3.05. The Morgan fingerprint density at radius 2 is 2.22 bits per heavy atom. The number of halogens is 1. The van der Waals surface area contributed by atoms with E-state index in [-0.39, 0.29) is 0 Å². The Morgan fingerprint density at radius 3 is 2.89 bits per heavy atom. The highest BCUT2D eigenvalue weighted by molar-refractivity contribution is 9.10. The van der Waals surface area contributed by atoms with Crippen LogP contribution in [0.1, 0.15) is 24.0 Å². The standard InChI is InChI=1S/C13H19BrN4/c1-4-18-12(13(14)10(2)16-18)9-17-7-5-6-11(17)8-15-3/h5-7,15H,4,8-9H2,1-3H3. The minimum absolute atomic E-state index is 0.847. The summed E-state index contributed by atoms with van der Waals surface area (Å²) in [5.41, 5.74) is 3.56. The molecule has 0 aliphatic carbocycles. The SMILES string of the molecule is CCn1nc(C)c(Br)c1Cn1cccc1CNC. The molecule has 0 aliphatic heterocycles. The van der Waals surface area contributed by atoms with Crippen molar-refractivity contribution in [1.82, 2.24) is 19.7 Å². The van der Waals surface area contributed by atoms with Crippen LogP contribution in [0.3, 0.4) is 0 Å². The second-order valence-electron chi connectivity index (χ2n) is 4.32. The number of hydrogen-bond donors (Lipinski definition) is 1. The first-order valence-corrected chi connectivity index (χ1v) is 6.97. The Morgan fingerprint density at radius 1 is 1.44 bits per heavy atom. The molecular weight excluding hydrogens is 292 g/mol. The van der Waals surface area contributed by atoms with E-state index in [2.05, 4.69) is 60.8 Å². The van der Waals surface area contributed by atoms with Gasteiger partial charge in [-0.05, 0) is 49.0 Å². The third kappa shape index (κ3) is 2.52. The smallest absolute Gasteiger partial charge is 0.0739 e. The van der Waals surface area contributed by atoms with Gasteiger partial charge in [0.25, 0.3) is 0 Å². The monoisotopic (exact) mass is 310 g/mol. The fourth-order valence-corrected chi connectivity index (χ4v) is 2.54. The highest BCUT2D eigenvalue weighted by Gasteiger charge is 2.13. The van der Waals surface area contributed by atoms with Crippen molar-refractivity contribution >= 4 is 15.9 Å². The van der Waals surface area contributed by atoms with Gasteiger partial charge in [-0.15, -0.1) is 0 Å². The van der Waals surface area contributed by atoms with E-state index in [1.165, 1.54) is 11.4 Å². The molecule has 1 N–H and O–H groups in total. The predicted octanol–water partition coefficient (Wildman–Crippen LogP) is 2.54. The summed E-state index contributed by atoms with van der Waals surface area (Å²) >= 11 is 3.64. The summed E-state index contributed by atoms with van der Waals surface area (Å²) in [6, 6.07) is 4.23. The zero-order chi connectivity index (χ0) is 13.1. The van der Waals surface area contributed by atoms with E-state index < -0.39 is 0 Å². The van der Waals surface area contributed by atoms with E-state index in [4.69, 9.17) is 0 Å². The highest BCUT2D eigenvalue weighted by atomic mass is 79.9. The van der Waals surface area contributed by atoms with Gasteiger partial charge in [-0.25, -0.2) is 0 Å². The molecule has 0 saturated carbocycles. The molecule has 0 fully saturated rings. The van der Waals surface area contributed by atoms with E-state index in [0.29, 0.717) is 0 Å². The molecule has 5 heteroatoms. The molecule has 0 spiro atoms. The fourth-order valence-electron chi connectivity index (χ4n) is 2.13. The molecule has 0 radical (unpaired) electrons. The maximum absolute atomic E-state index is 4.53. The number of rotatable bonds is 5. The Balaban J connectivity index is 2.30. The molecule has 0 saturated heterocycles. The molecule has 4 nitrogen and oxygen atoms in total. The molecule has 98 valence electrons. The second kappa shape index (κ2) is 5.71. The van der Waals surface area contributed by atoms with Crippen LogP contribution in [0.15, 0.2) is 22.8 Å². The third-order valence-corrected chi connectivity index (χ3v) is 4.09. The zero-order valence-electron chi connectivity index (χ0n) is 11.1. The Kier molecular flexibility index (Phi) is 4.24. The number of nitrogens with zero attached hydrogens (tertiary/aromatic N) is 3. The summed E-state index contributed by atoms with van der Waals surface area (Å²) in [5, 5.41) is 7.72. The average molecular weight is 311 g/mol. The van der Waals surface area contributed by atoms with Crippen LogP contribution in [0.25, 0.3) is 0 Å². The zero-order valence-corrected chi connectivity index (χ0v) is 12.7. The van der Waals surface area contributed by atoms with Crippen molar-refractivity contribution in [2.75, 3.05) is 7.05 Å². The quantitative estimate of drug-likeness (QED) is 0.921. The van der Waals surface area contributed by atoms with Crippen molar-refractivity contribution in [2.45, 2.75) is 33.5 Å². The maximum atomic E-state index is 4.53. The maximum Gasteiger partial charge on any atom is 0.0739 e. The van der Waals surface area contributed by atoms with Crippen molar-refractivity contribution in [2.24, 2.45) is 0 Å². The lowest BCUT2D eigenvalue weighted by Gasteiger charge is -2.11. The summed E-state index contributed by atoms with van der Waals surface area (Å²) in [6.07, 6.45) is 2.11. The predicted molar refractivity (Wildman–Crippen MR) is 76.6 cm³/mol. The van der Waals surface area contributed by atoms with Gasteiger partial charge in [-0.2, -0.15) is 5.10 Å². The summed E-state index contributed by atoms with van der Waals surface area (Å²) in [6.45, 7) is 6.77. The molecule has 0 aliphatic rings. The van der Waals surface area contributed by atoms with Crippen LogP contribution < -0.4 is 5.32 Å². The van der Waals surface area contributed by atoms with Gasteiger partial charge in [-0.3, -0.25) is 4.68 Å². The fraction of sp³-hybridized carbons (Fsp3) is 0.462. The number of hydrogen-bond acceptors (Lipinski definition) is 2. The van der Waals surface area contributed by atoms with Crippen LogP contribution in [-0.2, 0) is 19.6 Å². The van der Waals surface area contributed by atoms with Gasteiger partial charge < -0.3 is 9.88 Å². The first kappa shape index (κ1) is 13.4. The molecular formula is C13H19BrN4. The van der Waals surface area contributed by atoms with Crippen molar-refractivity contribution in [1.29, 1.82) is 0 Å². The molecule has 0 aromatic carbocycles. The normalized spacial score (nSPS) is 11.1. The van der Waals surface area contributed by atoms with Crippen LogP contribution in [0.4, 0.5) is 0 Å². The largest absolute Gasteiger partial charge is 0.344 e. The summed E-state index contributed by atoms with van der Waals surface area (Å²) in [4.78, 5) is 0. The molecule has 2 aromatic rings. The lowest BCUT2D eigenvalue weighted by molar-refractivity contribution is 0.586. The van der Waals surface area contributed by atoms with Gasteiger partial charge in [0.15, 0.2) is 0 Å². The molecule has 2 heterocycles. The molecule has 0 unspecified atom stereocenters. The molecule has 0 bridgehead atoms. The number of aryl methyl sites for hydroxylation is 2.